The maximum atomic E-state index is 7.74. The van der Waals surface area contributed by atoms with Gasteiger partial charge in [0.1, 0.15) is 0 Å². The predicted octanol–water partition coefficient (Wildman–Crippen LogP) is 1.56. The molecule has 0 radical (unpaired) electrons. The topological polar surface area (TPSA) is 49.9 Å². The second-order valence-corrected chi connectivity index (χ2v) is 4.12. The lowest BCUT2D eigenvalue weighted by Crippen LogP contribution is -2.29. The molecule has 1 aliphatic rings. The van der Waals surface area contributed by atoms with Gasteiger partial charge in [-0.15, -0.1) is 0 Å². The van der Waals surface area contributed by atoms with Gasteiger partial charge >= 0.3 is 0 Å². The van der Waals surface area contributed by atoms with Gasteiger partial charge in [-0.3, -0.25) is 0 Å². The highest BCUT2D eigenvalue weighted by Crippen LogP contribution is 2.37. The Morgan fingerprint density at radius 3 is 2.75 bits per heavy atom. The largest absolute Gasteiger partial charge is 0.326 e. The Hall–Kier alpha value is -0.0200. The standard InChI is InChI=1S/C9H18N2S/c1-6-2-3-7(5-12)9(6)8(11)4-10/h6-7,9,11-12H,2-5,10H2,1H3. The van der Waals surface area contributed by atoms with Crippen molar-refractivity contribution in [1.82, 2.24) is 0 Å². The SMILES string of the molecule is CC1CCC(CS)C1C(=N)CN. The van der Waals surface area contributed by atoms with Crippen LogP contribution in [0, 0.1) is 23.2 Å². The molecular formula is C9H18N2S. The summed E-state index contributed by atoms with van der Waals surface area (Å²) in [5, 5.41) is 7.74. The molecule has 1 fully saturated rings. The number of thiol groups is 1. The smallest absolute Gasteiger partial charge is 0.0310 e. The van der Waals surface area contributed by atoms with Crippen molar-refractivity contribution >= 4 is 18.3 Å². The lowest BCUT2D eigenvalue weighted by atomic mass is 9.87. The first-order valence-corrected chi connectivity index (χ1v) is 5.22. The fourth-order valence-electron chi connectivity index (χ4n) is 2.27. The molecule has 1 aliphatic carbocycles. The molecule has 3 atom stereocenters. The summed E-state index contributed by atoms with van der Waals surface area (Å²) in [5.74, 6) is 2.54. The molecule has 0 aromatic heterocycles. The van der Waals surface area contributed by atoms with E-state index in [-0.39, 0.29) is 0 Å². The van der Waals surface area contributed by atoms with Gasteiger partial charge < -0.3 is 11.1 Å². The minimum absolute atomic E-state index is 0.410. The molecule has 0 heterocycles. The normalized spacial score (nSPS) is 35.4. The van der Waals surface area contributed by atoms with Crippen LogP contribution in [0.1, 0.15) is 19.8 Å². The Kier molecular flexibility index (Phi) is 3.59. The van der Waals surface area contributed by atoms with E-state index in [4.69, 9.17) is 11.1 Å². The Balaban J connectivity index is 2.63. The minimum atomic E-state index is 0.410. The van der Waals surface area contributed by atoms with Crippen LogP contribution in [-0.4, -0.2) is 18.0 Å². The summed E-state index contributed by atoms with van der Waals surface area (Å²) < 4.78 is 0. The molecule has 12 heavy (non-hydrogen) atoms. The van der Waals surface area contributed by atoms with Crippen LogP contribution < -0.4 is 5.73 Å². The molecule has 3 unspecified atom stereocenters. The predicted molar refractivity (Wildman–Crippen MR) is 56.0 cm³/mol. The molecule has 1 saturated carbocycles. The van der Waals surface area contributed by atoms with E-state index in [1.807, 2.05) is 0 Å². The molecule has 0 bridgehead atoms. The zero-order chi connectivity index (χ0) is 9.14. The first kappa shape index (κ1) is 10.1. The zero-order valence-corrected chi connectivity index (χ0v) is 8.48. The van der Waals surface area contributed by atoms with Gasteiger partial charge in [-0.25, -0.2) is 0 Å². The van der Waals surface area contributed by atoms with Gasteiger partial charge in [0.15, 0.2) is 0 Å². The van der Waals surface area contributed by atoms with Gasteiger partial charge in [-0.05, 0) is 30.4 Å². The van der Waals surface area contributed by atoms with E-state index in [2.05, 4.69) is 19.6 Å². The maximum Gasteiger partial charge on any atom is 0.0310 e. The second-order valence-electron chi connectivity index (χ2n) is 3.75. The summed E-state index contributed by atoms with van der Waals surface area (Å²) in [6, 6.07) is 0. The number of rotatable bonds is 3. The van der Waals surface area contributed by atoms with E-state index >= 15 is 0 Å². The van der Waals surface area contributed by atoms with Crippen LogP contribution in [0.4, 0.5) is 0 Å². The van der Waals surface area contributed by atoms with Gasteiger partial charge in [0.25, 0.3) is 0 Å². The van der Waals surface area contributed by atoms with E-state index in [0.29, 0.717) is 24.3 Å². The first-order chi connectivity index (χ1) is 5.70. The summed E-state index contributed by atoms with van der Waals surface area (Å²) in [4.78, 5) is 0. The van der Waals surface area contributed by atoms with Gasteiger partial charge in [0.2, 0.25) is 0 Å². The van der Waals surface area contributed by atoms with Gasteiger partial charge in [-0.1, -0.05) is 6.92 Å². The molecule has 0 aromatic carbocycles. The summed E-state index contributed by atoms with van der Waals surface area (Å²) in [6.45, 7) is 2.64. The lowest BCUT2D eigenvalue weighted by molar-refractivity contribution is 0.455. The van der Waals surface area contributed by atoms with Crippen molar-refractivity contribution in [2.75, 3.05) is 12.3 Å². The molecule has 2 nitrogen and oxygen atoms in total. The molecule has 1 rings (SSSR count). The zero-order valence-electron chi connectivity index (χ0n) is 7.59. The van der Waals surface area contributed by atoms with Gasteiger partial charge in [0.05, 0.1) is 0 Å². The lowest BCUT2D eigenvalue weighted by Gasteiger charge is -2.21. The molecule has 0 aliphatic heterocycles. The van der Waals surface area contributed by atoms with E-state index in [9.17, 15) is 0 Å². The number of nitrogens with one attached hydrogen (secondary N) is 1. The van der Waals surface area contributed by atoms with Crippen LogP contribution in [0.25, 0.3) is 0 Å². The molecule has 0 saturated heterocycles. The average Bonchev–Trinajstić information content (AvgIpc) is 2.45. The highest BCUT2D eigenvalue weighted by Gasteiger charge is 2.34. The van der Waals surface area contributed by atoms with E-state index < -0.39 is 0 Å². The second kappa shape index (κ2) is 4.28. The Bertz CT molecular complexity index is 170. The molecule has 3 heteroatoms. The molecule has 70 valence electrons. The van der Waals surface area contributed by atoms with Crippen molar-refractivity contribution in [3.8, 4) is 0 Å². The van der Waals surface area contributed by atoms with Crippen molar-refractivity contribution in [3.05, 3.63) is 0 Å². The van der Waals surface area contributed by atoms with E-state index in [1.165, 1.54) is 12.8 Å². The van der Waals surface area contributed by atoms with Crippen molar-refractivity contribution in [2.24, 2.45) is 23.5 Å². The third-order valence-electron chi connectivity index (χ3n) is 2.97. The van der Waals surface area contributed by atoms with E-state index in [0.717, 1.165) is 11.5 Å². The van der Waals surface area contributed by atoms with Crippen LogP contribution in [0.2, 0.25) is 0 Å². The third kappa shape index (κ3) is 1.83. The third-order valence-corrected chi connectivity index (χ3v) is 3.44. The molecule has 0 aromatic rings. The minimum Gasteiger partial charge on any atom is -0.326 e. The monoisotopic (exact) mass is 186 g/mol. The summed E-state index contributed by atoms with van der Waals surface area (Å²) >= 11 is 4.31. The van der Waals surface area contributed by atoms with E-state index in [1.54, 1.807) is 0 Å². The van der Waals surface area contributed by atoms with Crippen LogP contribution >= 0.6 is 12.6 Å². The number of hydrogen-bond acceptors (Lipinski definition) is 3. The summed E-state index contributed by atoms with van der Waals surface area (Å²) in [7, 11) is 0. The summed E-state index contributed by atoms with van der Waals surface area (Å²) in [6.07, 6.45) is 2.45. The Labute approximate surface area is 79.8 Å². The molecular weight excluding hydrogens is 168 g/mol. The van der Waals surface area contributed by atoms with Crippen molar-refractivity contribution in [2.45, 2.75) is 19.8 Å². The average molecular weight is 186 g/mol. The van der Waals surface area contributed by atoms with Gasteiger partial charge in [0, 0.05) is 18.2 Å². The van der Waals surface area contributed by atoms with Gasteiger partial charge in [-0.2, -0.15) is 12.6 Å². The molecule has 0 amide bonds. The number of nitrogens with two attached hydrogens (primary N) is 1. The molecule has 0 spiro atoms. The van der Waals surface area contributed by atoms with Crippen LogP contribution in [0.5, 0.6) is 0 Å². The fraction of sp³-hybridized carbons (Fsp3) is 0.889. The van der Waals surface area contributed by atoms with Crippen LogP contribution in [-0.2, 0) is 0 Å². The highest BCUT2D eigenvalue weighted by molar-refractivity contribution is 7.80. The van der Waals surface area contributed by atoms with Crippen molar-refractivity contribution in [3.63, 3.8) is 0 Å². The summed E-state index contributed by atoms with van der Waals surface area (Å²) in [5.41, 5.74) is 6.20. The van der Waals surface area contributed by atoms with Crippen LogP contribution in [0.3, 0.4) is 0 Å². The van der Waals surface area contributed by atoms with Crippen LogP contribution in [0.15, 0.2) is 0 Å². The van der Waals surface area contributed by atoms with Crippen molar-refractivity contribution < 1.29 is 0 Å². The Morgan fingerprint density at radius 1 is 1.58 bits per heavy atom. The molecule has 3 N–H and O–H groups in total. The first-order valence-electron chi connectivity index (χ1n) is 4.59. The number of hydrogen-bond donors (Lipinski definition) is 3. The quantitative estimate of drug-likeness (QED) is 0.454. The van der Waals surface area contributed by atoms with Crippen molar-refractivity contribution in [1.29, 1.82) is 5.41 Å². The maximum absolute atomic E-state index is 7.74. The Morgan fingerprint density at radius 2 is 2.25 bits per heavy atom. The highest BCUT2D eigenvalue weighted by atomic mass is 32.1. The fourth-order valence-corrected chi connectivity index (χ4v) is 2.68.